The monoisotopic (exact) mass is 395 g/mol. The summed E-state index contributed by atoms with van der Waals surface area (Å²) in [5.74, 6) is 0. The molecule has 0 aromatic heterocycles. The molecule has 2 aromatic carbocycles. The zero-order chi connectivity index (χ0) is 16.3. The van der Waals surface area contributed by atoms with E-state index in [-0.39, 0.29) is 0 Å². The number of sulfonamides is 1. The minimum Gasteiger partial charge on any atom is -0.329 e. The predicted molar refractivity (Wildman–Crippen MR) is 93.7 cm³/mol. The third-order valence-electron chi connectivity index (χ3n) is 4.18. The van der Waals surface area contributed by atoms with E-state index in [2.05, 4.69) is 28.1 Å². The molecule has 3 rings (SSSR count). The molecule has 1 N–H and O–H groups in total. The molecule has 1 aliphatic rings. The molecule has 0 aliphatic carbocycles. The van der Waals surface area contributed by atoms with Crippen LogP contribution < -0.4 is 4.90 Å². The Hall–Kier alpha value is -1.21. The summed E-state index contributed by atoms with van der Waals surface area (Å²) in [7, 11) is -3.35. The van der Waals surface area contributed by atoms with Gasteiger partial charge in [-0.25, -0.2) is 8.42 Å². The molecule has 122 valence electrons. The van der Waals surface area contributed by atoms with Gasteiger partial charge >= 0.3 is 0 Å². The molecule has 0 unspecified atom stereocenters. The van der Waals surface area contributed by atoms with E-state index in [4.69, 9.17) is 0 Å². The Kier molecular flexibility index (Phi) is 5.16. The van der Waals surface area contributed by atoms with E-state index < -0.39 is 10.0 Å². The van der Waals surface area contributed by atoms with Crippen LogP contribution >= 0.6 is 15.9 Å². The standard InChI is InChI=1S/C17H19BrN2O2S/c18-16-8-6-15(7-9-16)14-19-10-12-20(13-11-19)23(21,22)17-4-2-1-3-5-17/h1-9H,10-14H2/p+1. The normalized spacial score (nSPS) is 17.3. The van der Waals surface area contributed by atoms with E-state index in [0.717, 1.165) is 24.1 Å². The summed E-state index contributed by atoms with van der Waals surface area (Å²) in [6.45, 7) is 3.75. The Labute approximate surface area is 145 Å². The van der Waals surface area contributed by atoms with Gasteiger partial charge in [0.1, 0.15) is 6.54 Å². The maximum Gasteiger partial charge on any atom is 0.243 e. The van der Waals surface area contributed by atoms with Gasteiger partial charge in [0.05, 0.1) is 31.1 Å². The second kappa shape index (κ2) is 7.13. The molecule has 0 atom stereocenters. The fourth-order valence-corrected chi connectivity index (χ4v) is 4.58. The smallest absolute Gasteiger partial charge is 0.243 e. The highest BCUT2D eigenvalue weighted by Crippen LogP contribution is 2.15. The van der Waals surface area contributed by atoms with Crippen LogP contribution in [0.2, 0.25) is 0 Å². The van der Waals surface area contributed by atoms with Crippen LogP contribution in [0, 0.1) is 0 Å². The first-order valence-corrected chi connectivity index (χ1v) is 9.92. The summed E-state index contributed by atoms with van der Waals surface area (Å²) in [5, 5.41) is 0. The van der Waals surface area contributed by atoms with Gasteiger partial charge in [-0.2, -0.15) is 4.31 Å². The number of halogens is 1. The first-order chi connectivity index (χ1) is 11.1. The van der Waals surface area contributed by atoms with Crippen LogP contribution in [0.1, 0.15) is 5.56 Å². The van der Waals surface area contributed by atoms with E-state index >= 15 is 0 Å². The molecule has 0 spiro atoms. The molecule has 1 saturated heterocycles. The van der Waals surface area contributed by atoms with Gasteiger partial charge in [-0.05, 0) is 24.3 Å². The van der Waals surface area contributed by atoms with Gasteiger partial charge in [-0.1, -0.05) is 46.3 Å². The van der Waals surface area contributed by atoms with E-state index in [1.54, 1.807) is 28.6 Å². The molecular weight excluding hydrogens is 376 g/mol. The fourth-order valence-electron chi connectivity index (χ4n) is 2.85. The number of hydrogen-bond donors (Lipinski definition) is 1. The van der Waals surface area contributed by atoms with Crippen molar-refractivity contribution in [2.75, 3.05) is 26.2 Å². The zero-order valence-electron chi connectivity index (χ0n) is 12.8. The van der Waals surface area contributed by atoms with Crippen LogP contribution in [-0.2, 0) is 16.6 Å². The van der Waals surface area contributed by atoms with E-state index in [1.165, 1.54) is 10.5 Å². The molecule has 23 heavy (non-hydrogen) atoms. The maximum absolute atomic E-state index is 12.6. The molecule has 0 bridgehead atoms. The topological polar surface area (TPSA) is 41.8 Å². The lowest BCUT2D eigenvalue weighted by molar-refractivity contribution is -0.917. The van der Waals surface area contributed by atoms with Crippen molar-refractivity contribution in [1.29, 1.82) is 0 Å². The lowest BCUT2D eigenvalue weighted by Crippen LogP contribution is -3.13. The van der Waals surface area contributed by atoms with Crippen molar-refractivity contribution in [1.82, 2.24) is 4.31 Å². The Morgan fingerprint density at radius 1 is 0.957 bits per heavy atom. The van der Waals surface area contributed by atoms with Crippen LogP contribution in [0.5, 0.6) is 0 Å². The molecule has 0 saturated carbocycles. The molecule has 0 amide bonds. The van der Waals surface area contributed by atoms with Gasteiger partial charge in [0, 0.05) is 10.0 Å². The summed E-state index contributed by atoms with van der Waals surface area (Å²) in [4.78, 5) is 1.81. The Morgan fingerprint density at radius 3 is 2.17 bits per heavy atom. The summed E-state index contributed by atoms with van der Waals surface area (Å²) in [5.41, 5.74) is 1.28. The van der Waals surface area contributed by atoms with E-state index in [9.17, 15) is 8.42 Å². The highest BCUT2D eigenvalue weighted by Gasteiger charge is 2.30. The third-order valence-corrected chi connectivity index (χ3v) is 6.62. The lowest BCUT2D eigenvalue weighted by atomic mass is 10.2. The third kappa shape index (κ3) is 4.01. The van der Waals surface area contributed by atoms with Crippen molar-refractivity contribution in [3.8, 4) is 0 Å². The quantitative estimate of drug-likeness (QED) is 0.852. The van der Waals surface area contributed by atoms with Crippen molar-refractivity contribution in [3.63, 3.8) is 0 Å². The Bertz CT molecular complexity index is 740. The molecule has 2 aromatic rings. The van der Waals surface area contributed by atoms with E-state index in [0.29, 0.717) is 18.0 Å². The summed E-state index contributed by atoms with van der Waals surface area (Å²) < 4.78 is 27.9. The predicted octanol–water partition coefficient (Wildman–Crippen LogP) is 1.54. The van der Waals surface area contributed by atoms with Gasteiger partial charge in [0.25, 0.3) is 0 Å². The number of nitrogens with zero attached hydrogens (tertiary/aromatic N) is 1. The molecule has 4 nitrogen and oxygen atoms in total. The number of rotatable bonds is 4. The highest BCUT2D eigenvalue weighted by molar-refractivity contribution is 9.10. The first-order valence-electron chi connectivity index (χ1n) is 7.69. The molecule has 1 fully saturated rings. The minimum atomic E-state index is -3.35. The molecule has 6 heteroatoms. The molecule has 1 aliphatic heterocycles. The van der Waals surface area contributed by atoms with Gasteiger partial charge < -0.3 is 4.90 Å². The lowest BCUT2D eigenvalue weighted by Gasteiger charge is -2.31. The highest BCUT2D eigenvalue weighted by atomic mass is 79.9. The summed E-state index contributed by atoms with van der Waals surface area (Å²) in [6.07, 6.45) is 0. The SMILES string of the molecule is O=S(=O)(c1ccccc1)N1CC[NH+](Cc2ccc(Br)cc2)CC1. The van der Waals surface area contributed by atoms with Crippen LogP contribution in [0.3, 0.4) is 0 Å². The van der Waals surface area contributed by atoms with Crippen molar-refractivity contribution in [3.05, 3.63) is 64.6 Å². The Balaban J connectivity index is 1.61. The van der Waals surface area contributed by atoms with Crippen LogP contribution in [-0.4, -0.2) is 38.9 Å². The van der Waals surface area contributed by atoms with Crippen molar-refractivity contribution < 1.29 is 13.3 Å². The molecule has 1 heterocycles. The van der Waals surface area contributed by atoms with Gasteiger partial charge in [0.15, 0.2) is 0 Å². The average molecular weight is 396 g/mol. The second-order valence-electron chi connectivity index (χ2n) is 5.77. The minimum absolute atomic E-state index is 0.386. The van der Waals surface area contributed by atoms with Crippen LogP contribution in [0.15, 0.2) is 64.0 Å². The largest absolute Gasteiger partial charge is 0.329 e. The van der Waals surface area contributed by atoms with Crippen LogP contribution in [0.4, 0.5) is 0 Å². The second-order valence-corrected chi connectivity index (χ2v) is 8.62. The zero-order valence-corrected chi connectivity index (χ0v) is 15.2. The van der Waals surface area contributed by atoms with Gasteiger partial charge in [0.2, 0.25) is 10.0 Å². The molecular formula is C17H20BrN2O2S+. The fraction of sp³-hybridized carbons (Fsp3) is 0.294. The first kappa shape index (κ1) is 16.6. The van der Waals surface area contributed by atoms with Crippen LogP contribution in [0.25, 0.3) is 0 Å². The number of nitrogens with one attached hydrogen (secondary N) is 1. The van der Waals surface area contributed by atoms with Crippen molar-refractivity contribution >= 4 is 26.0 Å². The Morgan fingerprint density at radius 2 is 1.57 bits per heavy atom. The average Bonchev–Trinajstić information content (AvgIpc) is 2.58. The number of quaternary nitrogens is 1. The number of benzene rings is 2. The summed E-state index contributed by atoms with van der Waals surface area (Å²) >= 11 is 3.44. The maximum atomic E-state index is 12.6. The van der Waals surface area contributed by atoms with Crippen molar-refractivity contribution in [2.45, 2.75) is 11.4 Å². The van der Waals surface area contributed by atoms with E-state index in [1.807, 2.05) is 18.2 Å². The van der Waals surface area contributed by atoms with Gasteiger partial charge in [-0.3, -0.25) is 0 Å². The number of hydrogen-bond acceptors (Lipinski definition) is 2. The summed E-state index contributed by atoms with van der Waals surface area (Å²) in [6, 6.07) is 17.0. The molecule has 0 radical (unpaired) electrons. The van der Waals surface area contributed by atoms with Gasteiger partial charge in [-0.15, -0.1) is 0 Å². The van der Waals surface area contributed by atoms with Crippen molar-refractivity contribution in [2.24, 2.45) is 0 Å². The number of piperazine rings is 1.